The fourth-order valence-electron chi connectivity index (χ4n) is 4.45. The molecule has 0 radical (unpaired) electrons. The minimum atomic E-state index is -3.58. The number of anilines is 1. The summed E-state index contributed by atoms with van der Waals surface area (Å²) in [5, 5.41) is 1.63. The first-order valence-electron chi connectivity index (χ1n) is 13.0. The number of unbranched alkanes of at least 4 members (excludes halogenated alkanes) is 2. The second-order valence-electron chi connectivity index (χ2n) is 9.45. The summed E-state index contributed by atoms with van der Waals surface area (Å²) < 4.78 is 29.0. The van der Waals surface area contributed by atoms with Crippen LogP contribution in [0.25, 0.3) is 10.2 Å². The molecule has 4 rings (SSSR count). The van der Waals surface area contributed by atoms with E-state index in [9.17, 15) is 13.2 Å². The van der Waals surface area contributed by atoms with Crippen molar-refractivity contribution in [2.75, 3.05) is 44.2 Å². The van der Waals surface area contributed by atoms with E-state index in [1.165, 1.54) is 0 Å². The van der Waals surface area contributed by atoms with Crippen molar-refractivity contribution in [1.82, 2.24) is 14.2 Å². The van der Waals surface area contributed by atoms with Crippen molar-refractivity contribution in [1.29, 1.82) is 0 Å². The van der Waals surface area contributed by atoms with E-state index < -0.39 is 10.0 Å². The Morgan fingerprint density at radius 3 is 2.19 bits per heavy atom. The molecule has 2 heterocycles. The number of carbonyl (C=O) groups excluding carboxylic acids is 1. The second-order valence-corrected chi connectivity index (χ2v) is 12.8. The van der Waals surface area contributed by atoms with E-state index in [0.717, 1.165) is 46.6 Å². The zero-order chi connectivity index (χ0) is 26.6. The van der Waals surface area contributed by atoms with Crippen molar-refractivity contribution >= 4 is 54.2 Å². The molecule has 0 spiro atoms. The maximum absolute atomic E-state index is 13.2. The van der Waals surface area contributed by atoms with E-state index in [0.29, 0.717) is 49.9 Å². The summed E-state index contributed by atoms with van der Waals surface area (Å²) in [6, 6.07) is 10.3. The van der Waals surface area contributed by atoms with Gasteiger partial charge in [0.15, 0.2) is 5.13 Å². The molecule has 1 aromatic heterocycles. The van der Waals surface area contributed by atoms with Crippen LogP contribution >= 0.6 is 22.9 Å². The molecule has 0 aliphatic carbocycles. The van der Waals surface area contributed by atoms with Gasteiger partial charge in [-0.1, -0.05) is 55.7 Å². The first-order chi connectivity index (χ1) is 17.8. The summed E-state index contributed by atoms with van der Waals surface area (Å²) in [4.78, 5) is 22.2. The summed E-state index contributed by atoms with van der Waals surface area (Å²) in [6.07, 6.45) is 3.53. The number of piperazine rings is 1. The number of aryl methyl sites for hydroxylation is 1. The zero-order valence-electron chi connectivity index (χ0n) is 21.7. The fraction of sp³-hybridized carbons (Fsp3) is 0.481. The van der Waals surface area contributed by atoms with Gasteiger partial charge in [0.1, 0.15) is 0 Å². The zero-order valence-corrected chi connectivity index (χ0v) is 24.1. The molecule has 3 aromatic rings. The first-order valence-corrected chi connectivity index (χ1v) is 15.6. The third kappa shape index (κ3) is 6.11. The van der Waals surface area contributed by atoms with Crippen molar-refractivity contribution in [2.45, 2.75) is 51.3 Å². The van der Waals surface area contributed by atoms with Crippen LogP contribution in [0.3, 0.4) is 0 Å². The van der Waals surface area contributed by atoms with Gasteiger partial charge in [-0.05, 0) is 55.7 Å². The van der Waals surface area contributed by atoms with Crippen molar-refractivity contribution in [3.05, 3.63) is 52.5 Å². The maximum Gasteiger partial charge on any atom is 0.253 e. The molecular formula is C27H35ClN4O3S2. The number of carbonyl (C=O) groups is 1. The lowest BCUT2D eigenvalue weighted by Crippen LogP contribution is -2.48. The van der Waals surface area contributed by atoms with Gasteiger partial charge in [-0.25, -0.2) is 13.4 Å². The molecule has 10 heteroatoms. The van der Waals surface area contributed by atoms with Gasteiger partial charge in [0.25, 0.3) is 5.91 Å². The molecule has 1 aliphatic heterocycles. The lowest BCUT2D eigenvalue weighted by Gasteiger charge is -2.34. The summed E-state index contributed by atoms with van der Waals surface area (Å²) in [6.45, 7) is 9.68. The number of fused-ring (bicyclic) bond motifs is 1. The molecule has 0 saturated carbocycles. The predicted molar refractivity (Wildman–Crippen MR) is 153 cm³/mol. The highest BCUT2D eigenvalue weighted by Gasteiger charge is 2.27. The van der Waals surface area contributed by atoms with E-state index in [4.69, 9.17) is 16.6 Å². The average molecular weight is 563 g/mol. The standard InChI is InChI=1S/C27H35ClN4O3S2/c1-4-6-14-32(15-7-5-2)37(34,35)22-11-9-21(10-12-22)26(33)30-16-18-31(19-17-30)27-29-24-20(3)8-13-23(28)25(24)36-27/h8-13H,4-7,14-19H2,1-3H3. The number of benzene rings is 2. The number of rotatable bonds is 10. The number of halogens is 1. The molecule has 0 N–H and O–H groups in total. The Balaban J connectivity index is 1.41. The highest BCUT2D eigenvalue weighted by atomic mass is 35.5. The van der Waals surface area contributed by atoms with Gasteiger partial charge >= 0.3 is 0 Å². The van der Waals surface area contributed by atoms with Crippen LogP contribution in [0.4, 0.5) is 5.13 Å². The van der Waals surface area contributed by atoms with Crippen molar-refractivity contribution < 1.29 is 13.2 Å². The monoisotopic (exact) mass is 562 g/mol. The van der Waals surface area contributed by atoms with Crippen molar-refractivity contribution in [3.63, 3.8) is 0 Å². The molecule has 0 unspecified atom stereocenters. The highest BCUT2D eigenvalue weighted by Crippen LogP contribution is 2.36. The number of thiazole rings is 1. The molecule has 37 heavy (non-hydrogen) atoms. The van der Waals surface area contributed by atoms with Crippen LogP contribution in [0, 0.1) is 6.92 Å². The minimum absolute atomic E-state index is 0.0828. The van der Waals surface area contributed by atoms with E-state index in [1.54, 1.807) is 39.9 Å². The average Bonchev–Trinajstić information content (AvgIpc) is 3.38. The highest BCUT2D eigenvalue weighted by molar-refractivity contribution is 7.89. The van der Waals surface area contributed by atoms with Gasteiger partial charge in [0.05, 0.1) is 20.1 Å². The number of hydrogen-bond donors (Lipinski definition) is 0. The van der Waals surface area contributed by atoms with Crippen LogP contribution in [0.15, 0.2) is 41.3 Å². The predicted octanol–water partition coefficient (Wildman–Crippen LogP) is 5.81. The summed E-state index contributed by atoms with van der Waals surface area (Å²) in [5.74, 6) is -0.0828. The molecular weight excluding hydrogens is 528 g/mol. The van der Waals surface area contributed by atoms with Crippen LogP contribution in [-0.2, 0) is 10.0 Å². The SMILES string of the molecule is CCCCN(CCCC)S(=O)(=O)c1ccc(C(=O)N2CCN(c3nc4c(C)ccc(Cl)c4s3)CC2)cc1. The lowest BCUT2D eigenvalue weighted by molar-refractivity contribution is 0.0746. The molecule has 7 nitrogen and oxygen atoms in total. The molecule has 2 aromatic carbocycles. The Hall–Kier alpha value is -2.20. The third-order valence-electron chi connectivity index (χ3n) is 6.78. The number of nitrogens with zero attached hydrogens (tertiary/aromatic N) is 4. The van der Waals surface area contributed by atoms with Gasteiger partial charge in [-0.15, -0.1) is 0 Å². The van der Waals surface area contributed by atoms with Crippen LogP contribution in [-0.4, -0.2) is 67.8 Å². The molecule has 1 fully saturated rings. The van der Waals surface area contributed by atoms with Gasteiger partial charge in [-0.3, -0.25) is 4.79 Å². The Morgan fingerprint density at radius 1 is 1.00 bits per heavy atom. The fourth-order valence-corrected chi connectivity index (χ4v) is 7.33. The van der Waals surface area contributed by atoms with Crippen molar-refractivity contribution in [2.24, 2.45) is 0 Å². The molecule has 0 atom stereocenters. The Morgan fingerprint density at radius 2 is 1.62 bits per heavy atom. The van der Waals surface area contributed by atoms with Crippen LogP contribution in [0.2, 0.25) is 5.02 Å². The summed E-state index contributed by atoms with van der Waals surface area (Å²) in [7, 11) is -3.58. The molecule has 1 aliphatic rings. The third-order valence-corrected chi connectivity index (χ3v) is 10.3. The van der Waals surface area contributed by atoms with E-state index in [1.807, 2.05) is 24.0 Å². The van der Waals surface area contributed by atoms with Crippen LogP contribution in [0.1, 0.15) is 55.5 Å². The minimum Gasteiger partial charge on any atom is -0.345 e. The number of aromatic nitrogens is 1. The van der Waals surface area contributed by atoms with Gasteiger partial charge in [-0.2, -0.15) is 4.31 Å². The lowest BCUT2D eigenvalue weighted by atomic mass is 10.2. The number of sulfonamides is 1. The summed E-state index contributed by atoms with van der Waals surface area (Å²) >= 11 is 7.96. The van der Waals surface area contributed by atoms with E-state index >= 15 is 0 Å². The van der Waals surface area contributed by atoms with Crippen molar-refractivity contribution in [3.8, 4) is 0 Å². The van der Waals surface area contributed by atoms with Crippen LogP contribution in [0.5, 0.6) is 0 Å². The number of hydrogen-bond acceptors (Lipinski definition) is 6. The Bertz CT molecular complexity index is 1290. The quantitative estimate of drug-likeness (QED) is 0.312. The van der Waals surface area contributed by atoms with Crippen LogP contribution < -0.4 is 4.90 Å². The number of amides is 1. The Labute approximate surface area is 229 Å². The van der Waals surface area contributed by atoms with E-state index in [2.05, 4.69) is 18.7 Å². The maximum atomic E-state index is 13.2. The molecule has 1 saturated heterocycles. The second kappa shape index (κ2) is 12.1. The first kappa shape index (κ1) is 27.8. The van der Waals surface area contributed by atoms with E-state index in [-0.39, 0.29) is 10.8 Å². The molecule has 200 valence electrons. The molecule has 1 amide bonds. The van der Waals surface area contributed by atoms with Gasteiger partial charge in [0, 0.05) is 44.8 Å². The largest absolute Gasteiger partial charge is 0.345 e. The molecule has 0 bridgehead atoms. The normalized spacial score (nSPS) is 14.6. The smallest absolute Gasteiger partial charge is 0.253 e. The Kier molecular flexibility index (Phi) is 9.11. The van der Waals surface area contributed by atoms with Gasteiger partial charge < -0.3 is 9.80 Å². The summed E-state index contributed by atoms with van der Waals surface area (Å²) in [5.41, 5.74) is 2.53. The topological polar surface area (TPSA) is 73.8 Å². The van der Waals surface area contributed by atoms with Gasteiger partial charge in [0.2, 0.25) is 10.0 Å².